The average Bonchev–Trinajstić information content (AvgIpc) is 2.87. The highest BCUT2D eigenvalue weighted by Crippen LogP contribution is 2.31. The zero-order valence-electron chi connectivity index (χ0n) is 19.5. The summed E-state index contributed by atoms with van der Waals surface area (Å²) < 4.78 is 5.80. The lowest BCUT2D eigenvalue weighted by atomic mass is 10.1. The Bertz CT molecular complexity index is 1410. The summed E-state index contributed by atoms with van der Waals surface area (Å²) in [5, 5.41) is 3.72. The molecule has 1 N–H and O–H groups in total. The van der Waals surface area contributed by atoms with Gasteiger partial charge in [-0.05, 0) is 36.4 Å². The molecule has 4 aromatic rings. The first-order valence-electron chi connectivity index (χ1n) is 11.2. The number of benzene rings is 1. The molecule has 182 valence electrons. The molecular weight excluding hydrogens is 480 g/mol. The highest BCUT2D eigenvalue weighted by molar-refractivity contribution is 6.32. The molecule has 36 heavy (non-hydrogen) atoms. The summed E-state index contributed by atoms with van der Waals surface area (Å²) in [6.07, 6.45) is 6.15. The van der Waals surface area contributed by atoms with Crippen LogP contribution in [0, 0.1) is 0 Å². The second-order valence-electron chi connectivity index (χ2n) is 8.22. The molecule has 0 bridgehead atoms. The number of likely N-dealkylation sites (N-methyl/N-ethyl adjacent to an activating group) is 1. The molecule has 1 aromatic carbocycles. The van der Waals surface area contributed by atoms with E-state index in [4.69, 9.17) is 21.3 Å². The number of carbonyl (C=O) groups excluding carboxylic acids is 1. The number of likely N-dealkylation sites (tertiary alicyclic amines) is 1. The number of amides is 1. The number of hydrogen-bond acceptors (Lipinski definition) is 9. The van der Waals surface area contributed by atoms with Crippen LogP contribution in [0.15, 0.2) is 67.8 Å². The molecular formula is C25H23ClN8O2. The molecule has 10 nitrogen and oxygen atoms in total. The lowest BCUT2D eigenvalue weighted by Crippen LogP contribution is -2.60. The summed E-state index contributed by atoms with van der Waals surface area (Å²) in [5.74, 6) is 1.52. The van der Waals surface area contributed by atoms with E-state index in [2.05, 4.69) is 31.8 Å². The van der Waals surface area contributed by atoms with Gasteiger partial charge >= 0.3 is 0 Å². The Morgan fingerprint density at radius 3 is 2.86 bits per heavy atom. The fraction of sp³-hybridized carbons (Fsp3) is 0.200. The van der Waals surface area contributed by atoms with Crippen LogP contribution in [-0.4, -0.2) is 61.9 Å². The van der Waals surface area contributed by atoms with Crippen molar-refractivity contribution in [1.29, 1.82) is 0 Å². The third-order valence-electron chi connectivity index (χ3n) is 5.87. The average molecular weight is 503 g/mol. The zero-order chi connectivity index (χ0) is 25.1. The van der Waals surface area contributed by atoms with Crippen LogP contribution in [0.25, 0.3) is 11.0 Å². The van der Waals surface area contributed by atoms with Crippen LogP contribution in [0.4, 0.5) is 17.5 Å². The van der Waals surface area contributed by atoms with E-state index in [9.17, 15) is 4.79 Å². The monoisotopic (exact) mass is 502 g/mol. The van der Waals surface area contributed by atoms with E-state index in [-0.39, 0.29) is 11.9 Å². The molecule has 1 amide bonds. The second-order valence-corrected chi connectivity index (χ2v) is 8.63. The minimum Gasteiger partial charge on any atom is -0.486 e. The maximum absolute atomic E-state index is 11.8. The van der Waals surface area contributed by atoms with Crippen molar-refractivity contribution in [3.8, 4) is 5.75 Å². The molecule has 3 aromatic heterocycles. The van der Waals surface area contributed by atoms with Crippen molar-refractivity contribution in [3.05, 3.63) is 78.5 Å². The molecule has 1 saturated heterocycles. The van der Waals surface area contributed by atoms with Gasteiger partial charge in [-0.2, -0.15) is 0 Å². The summed E-state index contributed by atoms with van der Waals surface area (Å²) >= 11 is 6.46. The molecule has 0 unspecified atom stereocenters. The molecule has 1 aliphatic rings. The number of ether oxygens (including phenoxy) is 1. The fourth-order valence-electron chi connectivity index (χ4n) is 3.75. The number of halogens is 1. The molecule has 0 atom stereocenters. The Hall–Kier alpha value is -4.31. The van der Waals surface area contributed by atoms with Crippen LogP contribution in [0.1, 0.15) is 5.69 Å². The van der Waals surface area contributed by atoms with Crippen molar-refractivity contribution >= 4 is 46.0 Å². The number of hydrogen-bond donors (Lipinski definition) is 1. The highest BCUT2D eigenvalue weighted by Gasteiger charge is 2.33. The first-order valence-corrected chi connectivity index (χ1v) is 11.6. The zero-order valence-corrected chi connectivity index (χ0v) is 20.3. The molecule has 0 radical (unpaired) electrons. The Morgan fingerprint density at radius 2 is 2.11 bits per heavy atom. The van der Waals surface area contributed by atoms with Gasteiger partial charge < -0.3 is 19.9 Å². The van der Waals surface area contributed by atoms with Gasteiger partial charge in [0.15, 0.2) is 5.82 Å². The van der Waals surface area contributed by atoms with Gasteiger partial charge in [-0.3, -0.25) is 9.78 Å². The maximum atomic E-state index is 11.8. The Morgan fingerprint density at radius 1 is 1.25 bits per heavy atom. The van der Waals surface area contributed by atoms with Crippen molar-refractivity contribution in [2.24, 2.45) is 0 Å². The van der Waals surface area contributed by atoms with Crippen molar-refractivity contribution in [1.82, 2.24) is 29.8 Å². The number of pyridine rings is 1. The lowest BCUT2D eigenvalue weighted by molar-refractivity contribution is -0.130. The lowest BCUT2D eigenvalue weighted by Gasteiger charge is -2.43. The number of nitrogens with one attached hydrogen (secondary N) is 1. The summed E-state index contributed by atoms with van der Waals surface area (Å²) in [5.41, 5.74) is 2.70. The Kier molecular flexibility index (Phi) is 6.59. The Balaban J connectivity index is 1.32. The molecule has 5 rings (SSSR count). The van der Waals surface area contributed by atoms with Crippen molar-refractivity contribution in [2.45, 2.75) is 12.6 Å². The van der Waals surface area contributed by atoms with Crippen molar-refractivity contribution < 1.29 is 9.53 Å². The second kappa shape index (κ2) is 10.1. The van der Waals surface area contributed by atoms with Gasteiger partial charge in [-0.1, -0.05) is 24.2 Å². The standard InChI is InChI=1S/C25H23ClN8O2/c1-3-22(35)34-12-18(13-34)33(2)25-28-11-20-23(32-25)24(30-15-29-20)31-16-7-8-21(19(26)10-16)36-14-17-6-4-5-9-27-17/h3-11,15,18H,1,12-14H2,2H3,(H,29,30,31). The number of aromatic nitrogens is 5. The minimum atomic E-state index is -0.0780. The van der Waals surface area contributed by atoms with Gasteiger partial charge in [-0.25, -0.2) is 19.9 Å². The molecule has 1 fully saturated rings. The van der Waals surface area contributed by atoms with Gasteiger partial charge in [0.05, 0.1) is 23.0 Å². The predicted octanol–water partition coefficient (Wildman–Crippen LogP) is 3.62. The maximum Gasteiger partial charge on any atom is 0.246 e. The van der Waals surface area contributed by atoms with Gasteiger partial charge in [0, 0.05) is 32.0 Å². The normalized spacial score (nSPS) is 13.2. The molecule has 11 heteroatoms. The predicted molar refractivity (Wildman–Crippen MR) is 137 cm³/mol. The smallest absolute Gasteiger partial charge is 0.246 e. The quantitative estimate of drug-likeness (QED) is 0.361. The first kappa shape index (κ1) is 23.4. The van der Waals surface area contributed by atoms with Gasteiger partial charge in [0.25, 0.3) is 0 Å². The van der Waals surface area contributed by atoms with E-state index in [0.717, 1.165) is 11.4 Å². The molecule has 0 aliphatic carbocycles. The third kappa shape index (κ3) is 4.89. The van der Waals surface area contributed by atoms with E-state index in [1.54, 1.807) is 29.4 Å². The molecule has 4 heterocycles. The largest absolute Gasteiger partial charge is 0.486 e. The van der Waals surface area contributed by atoms with Crippen molar-refractivity contribution in [3.63, 3.8) is 0 Å². The van der Waals surface area contributed by atoms with E-state index in [1.807, 2.05) is 36.2 Å². The van der Waals surface area contributed by atoms with Crippen LogP contribution in [0.5, 0.6) is 5.75 Å². The van der Waals surface area contributed by atoms with E-state index in [1.165, 1.54) is 12.4 Å². The topological polar surface area (TPSA) is 109 Å². The number of fused-ring (bicyclic) bond motifs is 1. The number of carbonyl (C=O) groups is 1. The highest BCUT2D eigenvalue weighted by atomic mass is 35.5. The summed E-state index contributed by atoms with van der Waals surface area (Å²) in [6, 6.07) is 11.2. The van der Waals surface area contributed by atoms with Crippen LogP contribution in [0.2, 0.25) is 5.02 Å². The number of nitrogens with zero attached hydrogens (tertiary/aromatic N) is 7. The fourth-order valence-corrected chi connectivity index (χ4v) is 3.98. The summed E-state index contributed by atoms with van der Waals surface area (Å²) in [4.78, 5) is 37.5. The van der Waals surface area contributed by atoms with Crippen LogP contribution in [-0.2, 0) is 11.4 Å². The third-order valence-corrected chi connectivity index (χ3v) is 6.17. The minimum absolute atomic E-state index is 0.0780. The summed E-state index contributed by atoms with van der Waals surface area (Å²) in [7, 11) is 1.90. The molecule has 0 spiro atoms. The first-order chi connectivity index (χ1) is 17.5. The van der Waals surface area contributed by atoms with Gasteiger partial charge in [0.2, 0.25) is 11.9 Å². The van der Waals surface area contributed by atoms with Crippen LogP contribution in [0.3, 0.4) is 0 Å². The molecule has 0 saturated carbocycles. The number of anilines is 3. The van der Waals surface area contributed by atoms with Crippen LogP contribution < -0.4 is 15.0 Å². The van der Waals surface area contributed by atoms with Gasteiger partial charge in [-0.15, -0.1) is 0 Å². The van der Waals surface area contributed by atoms with Gasteiger partial charge in [0.1, 0.15) is 29.7 Å². The number of rotatable bonds is 8. The summed E-state index contributed by atoms with van der Waals surface area (Å²) in [6.45, 7) is 5.03. The SMILES string of the molecule is C=CC(=O)N1CC(N(C)c2ncc3ncnc(Nc4ccc(OCc5ccccn5)c(Cl)c4)c3n2)C1. The van der Waals surface area contributed by atoms with E-state index < -0.39 is 0 Å². The van der Waals surface area contributed by atoms with Crippen molar-refractivity contribution in [2.75, 3.05) is 30.4 Å². The molecule has 1 aliphatic heterocycles. The Labute approximate surface area is 212 Å². The van der Waals surface area contributed by atoms with Crippen LogP contribution >= 0.6 is 11.6 Å². The van der Waals surface area contributed by atoms with E-state index >= 15 is 0 Å². The van der Waals surface area contributed by atoms with E-state index in [0.29, 0.717) is 53.3 Å².